The van der Waals surface area contributed by atoms with E-state index >= 15 is 0 Å². The molecule has 0 aliphatic carbocycles. The lowest BCUT2D eigenvalue weighted by Crippen LogP contribution is -1.79. The lowest BCUT2D eigenvalue weighted by Gasteiger charge is -1.92. The molecule has 2 nitrogen and oxygen atoms in total. The van der Waals surface area contributed by atoms with Gasteiger partial charge in [-0.15, -0.1) is 0 Å². The molecule has 0 heterocycles. The van der Waals surface area contributed by atoms with Gasteiger partial charge in [-0.2, -0.15) is 0 Å². The van der Waals surface area contributed by atoms with Crippen molar-refractivity contribution in [2.24, 2.45) is 0 Å². The van der Waals surface area contributed by atoms with E-state index in [1.807, 2.05) is 0 Å². The van der Waals surface area contributed by atoms with Gasteiger partial charge in [0.05, 0.1) is 0 Å². The predicted molar refractivity (Wildman–Crippen MR) is 47.8 cm³/mol. The van der Waals surface area contributed by atoms with Crippen LogP contribution in [0.15, 0.2) is 30.3 Å². The fourth-order valence-electron chi connectivity index (χ4n) is 0.799. The van der Waals surface area contributed by atoms with E-state index in [-0.39, 0.29) is 11.5 Å². The molecule has 0 aliphatic heterocycles. The molecule has 0 saturated carbocycles. The second-order valence-corrected chi connectivity index (χ2v) is 2.54. The predicted octanol–water partition coefficient (Wildman–Crippen LogP) is 1.99. The Morgan fingerprint density at radius 2 is 1.92 bits per heavy atom. The first-order chi connectivity index (χ1) is 5.68. The minimum absolute atomic E-state index is 0.0167. The number of carbonyl (C=O) groups is 1. The first kappa shape index (κ1) is 8.53. The zero-order chi connectivity index (χ0) is 8.97. The number of hydrogen-bond donors (Lipinski definition) is 1. The van der Waals surface area contributed by atoms with E-state index in [0.717, 1.165) is 5.56 Å². The summed E-state index contributed by atoms with van der Waals surface area (Å²) >= 11 is 0. The normalized spacial score (nSPS) is 10.4. The molecule has 0 amide bonds. The second-order valence-electron chi connectivity index (χ2n) is 2.54. The largest absolute Gasteiger partial charge is 0.508 e. The molecule has 0 aromatic heterocycles. The Kier molecular flexibility index (Phi) is 2.64. The molecule has 1 aromatic carbocycles. The molecule has 1 rings (SSSR count). The first-order valence-electron chi connectivity index (χ1n) is 3.66. The molecule has 1 aromatic rings. The van der Waals surface area contributed by atoms with Crippen molar-refractivity contribution in [2.75, 3.05) is 0 Å². The van der Waals surface area contributed by atoms with Crippen LogP contribution >= 0.6 is 0 Å². The number of hydrogen-bond acceptors (Lipinski definition) is 2. The smallest absolute Gasteiger partial charge is 0.152 e. The van der Waals surface area contributed by atoms with Crippen molar-refractivity contribution in [3.8, 4) is 5.75 Å². The van der Waals surface area contributed by atoms with Crippen LogP contribution in [0.4, 0.5) is 0 Å². The first-order valence-corrected chi connectivity index (χ1v) is 3.66. The van der Waals surface area contributed by atoms with Crippen LogP contribution in [0.3, 0.4) is 0 Å². The molecule has 0 bridgehead atoms. The highest BCUT2D eigenvalue weighted by molar-refractivity contribution is 5.91. The van der Waals surface area contributed by atoms with E-state index in [1.165, 1.54) is 13.0 Å². The highest BCUT2D eigenvalue weighted by Gasteiger charge is 1.88. The van der Waals surface area contributed by atoms with Crippen LogP contribution in [0.25, 0.3) is 6.08 Å². The van der Waals surface area contributed by atoms with Crippen molar-refractivity contribution in [2.45, 2.75) is 6.92 Å². The van der Waals surface area contributed by atoms with Crippen LogP contribution in [-0.4, -0.2) is 10.9 Å². The molecule has 0 fully saturated rings. The van der Waals surface area contributed by atoms with Crippen LogP contribution in [0.2, 0.25) is 0 Å². The van der Waals surface area contributed by atoms with Crippen molar-refractivity contribution in [1.82, 2.24) is 0 Å². The zero-order valence-corrected chi connectivity index (χ0v) is 6.82. The molecule has 0 saturated heterocycles. The van der Waals surface area contributed by atoms with Crippen LogP contribution in [0.5, 0.6) is 5.75 Å². The number of ketones is 1. The third kappa shape index (κ3) is 2.58. The van der Waals surface area contributed by atoms with Crippen LogP contribution in [-0.2, 0) is 4.79 Å². The molecule has 62 valence electrons. The number of phenolic OH excluding ortho intramolecular Hbond substituents is 1. The van der Waals surface area contributed by atoms with Gasteiger partial charge in [0.15, 0.2) is 5.78 Å². The summed E-state index contributed by atoms with van der Waals surface area (Å²) in [5, 5.41) is 8.94. The van der Waals surface area contributed by atoms with Crippen molar-refractivity contribution in [3.63, 3.8) is 0 Å². The highest BCUT2D eigenvalue weighted by atomic mass is 16.3. The van der Waals surface area contributed by atoms with Gasteiger partial charge in [0.1, 0.15) is 5.75 Å². The maximum atomic E-state index is 10.5. The van der Waals surface area contributed by atoms with Crippen molar-refractivity contribution in [3.05, 3.63) is 35.9 Å². The lowest BCUT2D eigenvalue weighted by atomic mass is 10.2. The summed E-state index contributed by atoms with van der Waals surface area (Å²) < 4.78 is 0. The van der Waals surface area contributed by atoms with Gasteiger partial charge < -0.3 is 5.11 Å². The number of aromatic hydroxyl groups is 1. The summed E-state index contributed by atoms with van der Waals surface area (Å²) in [5.41, 5.74) is 0.906. The summed E-state index contributed by atoms with van der Waals surface area (Å²) in [6, 6.07) is 6.66. The van der Waals surface area contributed by atoms with E-state index in [2.05, 4.69) is 0 Å². The van der Waals surface area contributed by atoms with Gasteiger partial charge >= 0.3 is 0 Å². The minimum Gasteiger partial charge on any atom is -0.508 e. The van der Waals surface area contributed by atoms with Gasteiger partial charge in [-0.25, -0.2) is 0 Å². The third-order valence-electron chi connectivity index (χ3n) is 1.40. The fourth-order valence-corrected chi connectivity index (χ4v) is 0.799. The van der Waals surface area contributed by atoms with Crippen LogP contribution in [0, 0.1) is 0 Å². The fraction of sp³-hybridized carbons (Fsp3) is 0.100. The minimum atomic E-state index is 0.0167. The average molecular weight is 162 g/mol. The molecular formula is C10H10O2. The zero-order valence-electron chi connectivity index (χ0n) is 6.82. The average Bonchev–Trinajstić information content (AvgIpc) is 2.03. The van der Waals surface area contributed by atoms with Gasteiger partial charge in [-0.3, -0.25) is 4.79 Å². The number of rotatable bonds is 2. The summed E-state index contributed by atoms with van der Waals surface area (Å²) in [5.74, 6) is 0.248. The van der Waals surface area contributed by atoms with E-state index < -0.39 is 0 Å². The van der Waals surface area contributed by atoms with Crippen molar-refractivity contribution in [1.29, 1.82) is 0 Å². The SMILES string of the molecule is CC(=O)/C=C\c1ccc(O)cc1. The maximum absolute atomic E-state index is 10.5. The Morgan fingerprint density at radius 1 is 1.33 bits per heavy atom. The topological polar surface area (TPSA) is 37.3 Å². The second kappa shape index (κ2) is 3.72. The quantitative estimate of drug-likeness (QED) is 0.675. The highest BCUT2D eigenvalue weighted by Crippen LogP contribution is 2.10. The molecule has 0 spiro atoms. The van der Waals surface area contributed by atoms with E-state index in [9.17, 15) is 4.79 Å². The van der Waals surface area contributed by atoms with E-state index in [1.54, 1.807) is 30.3 Å². The summed E-state index contributed by atoms with van der Waals surface area (Å²) in [6.45, 7) is 1.50. The van der Waals surface area contributed by atoms with Crippen molar-refractivity contribution < 1.29 is 9.90 Å². The Labute approximate surface area is 71.2 Å². The Morgan fingerprint density at radius 3 is 2.42 bits per heavy atom. The number of allylic oxidation sites excluding steroid dienone is 1. The summed E-state index contributed by atoms with van der Waals surface area (Å²) in [4.78, 5) is 10.5. The number of benzene rings is 1. The monoisotopic (exact) mass is 162 g/mol. The van der Waals surface area contributed by atoms with Gasteiger partial charge in [0, 0.05) is 0 Å². The Bertz CT molecular complexity index is 296. The third-order valence-corrected chi connectivity index (χ3v) is 1.40. The molecule has 2 heteroatoms. The summed E-state index contributed by atoms with van der Waals surface area (Å²) in [6.07, 6.45) is 3.20. The van der Waals surface area contributed by atoms with Gasteiger partial charge in [0.25, 0.3) is 0 Å². The molecular weight excluding hydrogens is 152 g/mol. The number of carbonyl (C=O) groups excluding carboxylic acids is 1. The van der Waals surface area contributed by atoms with E-state index in [0.29, 0.717) is 0 Å². The maximum Gasteiger partial charge on any atom is 0.152 e. The molecule has 0 unspecified atom stereocenters. The molecule has 0 aliphatic rings. The van der Waals surface area contributed by atoms with Gasteiger partial charge in [-0.1, -0.05) is 18.2 Å². The molecule has 1 N–H and O–H groups in total. The standard InChI is InChI=1S/C10H10O2/c1-8(11)2-3-9-4-6-10(12)7-5-9/h2-7,12H,1H3/b3-2-. The number of phenols is 1. The molecule has 0 atom stereocenters. The summed E-state index contributed by atoms with van der Waals surface area (Å²) in [7, 11) is 0. The molecule has 12 heavy (non-hydrogen) atoms. The van der Waals surface area contributed by atoms with Gasteiger partial charge in [-0.05, 0) is 30.7 Å². The lowest BCUT2D eigenvalue weighted by molar-refractivity contribution is -0.112. The van der Waals surface area contributed by atoms with Gasteiger partial charge in [0.2, 0.25) is 0 Å². The van der Waals surface area contributed by atoms with E-state index in [4.69, 9.17) is 5.11 Å². The Balaban J connectivity index is 2.77. The Hall–Kier alpha value is -1.57. The van der Waals surface area contributed by atoms with Crippen LogP contribution < -0.4 is 0 Å². The van der Waals surface area contributed by atoms with Crippen LogP contribution in [0.1, 0.15) is 12.5 Å². The van der Waals surface area contributed by atoms with Crippen molar-refractivity contribution >= 4 is 11.9 Å². The molecule has 0 radical (unpaired) electrons.